The molecule has 18 heavy (non-hydrogen) atoms. The molecule has 0 radical (unpaired) electrons. The van der Waals surface area contributed by atoms with Gasteiger partial charge < -0.3 is 0 Å². The summed E-state index contributed by atoms with van der Waals surface area (Å²) in [5.74, 6) is -0.508. The number of nitro groups is 1. The maximum Gasteiger partial charge on any atom is 0.274 e. The Labute approximate surface area is 105 Å². The lowest BCUT2D eigenvalue weighted by Gasteiger charge is -2.04. The third-order valence-electron chi connectivity index (χ3n) is 2.13. The van der Waals surface area contributed by atoms with E-state index in [2.05, 4.69) is 0 Å². The molecule has 0 unspecified atom stereocenters. The van der Waals surface area contributed by atoms with Crippen molar-refractivity contribution in [2.24, 2.45) is 0 Å². The quantitative estimate of drug-likeness (QED) is 0.433. The van der Waals surface area contributed by atoms with Crippen molar-refractivity contribution >= 4 is 26.4 Å². The molecule has 0 fully saturated rings. The summed E-state index contributed by atoms with van der Waals surface area (Å²) < 4.78 is 46.1. The van der Waals surface area contributed by atoms with Crippen molar-refractivity contribution in [3.8, 4) is 0 Å². The minimum absolute atomic E-state index is 0.0498. The Kier molecular flexibility index (Phi) is 4.38. The summed E-state index contributed by atoms with van der Waals surface area (Å²) in [6.45, 7) is 0. The van der Waals surface area contributed by atoms with E-state index in [1.807, 2.05) is 4.72 Å². The minimum Gasteiger partial charge on any atom is -0.258 e. The lowest BCUT2D eigenvalue weighted by Crippen LogP contribution is -2.18. The number of nitrogens with one attached hydrogen (secondary N) is 1. The number of rotatable bonds is 5. The highest BCUT2D eigenvalue weighted by Gasteiger charge is 2.20. The summed E-state index contributed by atoms with van der Waals surface area (Å²) in [6.07, 6.45) is 0. The maximum atomic E-state index is 11.5. The van der Waals surface area contributed by atoms with Crippen LogP contribution in [0.15, 0.2) is 23.1 Å². The van der Waals surface area contributed by atoms with Crippen LogP contribution in [0, 0.1) is 10.1 Å². The van der Waals surface area contributed by atoms with Crippen molar-refractivity contribution in [1.82, 2.24) is 4.72 Å². The molecule has 0 saturated heterocycles. The monoisotopic (exact) mass is 294 g/mol. The normalized spacial score (nSPS) is 11.7. The molecule has 8 nitrogen and oxygen atoms in total. The van der Waals surface area contributed by atoms with Crippen LogP contribution in [-0.2, 0) is 26.5 Å². The van der Waals surface area contributed by atoms with Gasteiger partial charge in [-0.1, -0.05) is 0 Å². The molecule has 0 bridgehead atoms. The highest BCUT2D eigenvalue weighted by molar-refractivity contribution is 7.89. The summed E-state index contributed by atoms with van der Waals surface area (Å²) >= 11 is 0. The lowest BCUT2D eigenvalue weighted by molar-refractivity contribution is -0.385. The summed E-state index contributed by atoms with van der Waals surface area (Å²) in [6, 6.07) is 3.07. The first-order chi connectivity index (χ1) is 8.27. The van der Waals surface area contributed by atoms with Gasteiger partial charge in [0.25, 0.3) is 5.69 Å². The zero-order chi connectivity index (χ0) is 13.9. The van der Waals surface area contributed by atoms with Gasteiger partial charge in [-0.2, -0.15) is 0 Å². The Morgan fingerprint density at radius 1 is 1.39 bits per heavy atom. The zero-order valence-corrected chi connectivity index (χ0v) is 10.9. The molecular weight excluding hydrogens is 284 g/mol. The maximum absolute atomic E-state index is 11.5. The van der Waals surface area contributed by atoms with Crippen molar-refractivity contribution in [3.05, 3.63) is 33.9 Å². The highest BCUT2D eigenvalue weighted by Crippen LogP contribution is 2.23. The number of thiol groups is 1. The van der Waals surface area contributed by atoms with Gasteiger partial charge in [0.1, 0.15) is 10.7 Å². The molecule has 0 amide bonds. The van der Waals surface area contributed by atoms with E-state index < -0.39 is 37.1 Å². The summed E-state index contributed by atoms with van der Waals surface area (Å²) in [7, 11) is -5.46. The number of sulfonamides is 1. The zero-order valence-electron chi connectivity index (χ0n) is 9.19. The van der Waals surface area contributed by atoms with Gasteiger partial charge in [0, 0.05) is 11.6 Å². The van der Waals surface area contributed by atoms with Crippen molar-refractivity contribution < 1.29 is 21.8 Å². The first-order valence-electron chi connectivity index (χ1n) is 4.60. The second kappa shape index (κ2) is 5.42. The molecule has 0 aliphatic heterocycles. The fourth-order valence-corrected chi connectivity index (χ4v) is 2.57. The van der Waals surface area contributed by atoms with Gasteiger partial charge in [-0.05, 0) is 19.2 Å². The molecule has 0 heterocycles. The molecule has 1 rings (SSSR count). The van der Waals surface area contributed by atoms with Gasteiger partial charge in [-0.25, -0.2) is 21.6 Å². The van der Waals surface area contributed by atoms with Crippen LogP contribution in [0.25, 0.3) is 0 Å². The predicted molar refractivity (Wildman–Crippen MR) is 63.4 cm³/mol. The summed E-state index contributed by atoms with van der Waals surface area (Å²) in [5, 5.41) is 10.8. The number of nitro benzene ring substituents is 1. The third-order valence-corrected chi connectivity index (χ3v) is 4.14. The predicted octanol–water partition coefficient (Wildman–Crippen LogP) is -0.386. The van der Waals surface area contributed by atoms with Crippen LogP contribution in [-0.4, -0.2) is 28.8 Å². The largest absolute Gasteiger partial charge is 0.274 e. The average molecular weight is 294 g/mol. The van der Waals surface area contributed by atoms with Crippen molar-refractivity contribution in [3.63, 3.8) is 0 Å². The van der Waals surface area contributed by atoms with Gasteiger partial charge in [0.2, 0.25) is 10.0 Å². The molecule has 0 saturated carbocycles. The Morgan fingerprint density at radius 2 is 2.00 bits per heavy atom. The van der Waals surface area contributed by atoms with E-state index in [1.54, 1.807) is 0 Å². The molecular formula is C8H10N2O6S2. The second-order valence-corrected chi connectivity index (χ2v) is 6.11. The molecule has 1 aromatic carbocycles. The van der Waals surface area contributed by atoms with Gasteiger partial charge in [-0.3, -0.25) is 10.1 Å². The van der Waals surface area contributed by atoms with Gasteiger partial charge in [0.15, 0.2) is 0 Å². The Balaban J connectivity index is 3.41. The van der Waals surface area contributed by atoms with Gasteiger partial charge >= 0.3 is 0 Å². The van der Waals surface area contributed by atoms with Crippen LogP contribution < -0.4 is 4.72 Å². The number of benzene rings is 1. The number of hydrogen-bond acceptors (Lipinski definition) is 6. The molecule has 10 heteroatoms. The standard InChI is InChI=1S/C8H10N2O6S2/c1-9-18(15,16)7-3-2-6(5-17(13)14)8(4-7)10(11)12/h2-4,9,17H,5H2,1H3. The molecule has 1 N–H and O–H groups in total. The Bertz CT molecular complexity index is 642. The minimum atomic E-state index is -3.80. The van der Waals surface area contributed by atoms with Crippen molar-refractivity contribution in [1.29, 1.82) is 0 Å². The smallest absolute Gasteiger partial charge is 0.258 e. The SMILES string of the molecule is CNS(=O)(=O)c1ccc(C[SH](=O)=O)c([N+](=O)[O-])c1. The average Bonchev–Trinajstić information content (AvgIpc) is 2.28. The van der Waals surface area contributed by atoms with Crippen LogP contribution >= 0.6 is 0 Å². The first-order valence-corrected chi connectivity index (χ1v) is 7.45. The molecule has 0 aromatic heterocycles. The van der Waals surface area contributed by atoms with Crippen LogP contribution in [0.2, 0.25) is 0 Å². The number of hydrogen-bond donors (Lipinski definition) is 2. The molecule has 0 atom stereocenters. The number of nitrogens with zero attached hydrogens (tertiary/aromatic N) is 1. The highest BCUT2D eigenvalue weighted by atomic mass is 32.2. The van der Waals surface area contributed by atoms with E-state index in [4.69, 9.17) is 0 Å². The molecule has 1 aromatic rings. The van der Waals surface area contributed by atoms with Gasteiger partial charge in [-0.15, -0.1) is 0 Å². The van der Waals surface area contributed by atoms with Crippen LogP contribution in [0.5, 0.6) is 0 Å². The van der Waals surface area contributed by atoms with E-state index in [-0.39, 0.29) is 10.5 Å². The molecule has 100 valence electrons. The van der Waals surface area contributed by atoms with Crippen LogP contribution in [0.3, 0.4) is 0 Å². The Hall–Kier alpha value is -1.52. The topological polar surface area (TPSA) is 123 Å². The van der Waals surface area contributed by atoms with E-state index in [0.717, 1.165) is 18.2 Å². The fourth-order valence-electron chi connectivity index (χ4n) is 1.27. The van der Waals surface area contributed by atoms with E-state index in [0.29, 0.717) is 0 Å². The summed E-state index contributed by atoms with van der Waals surface area (Å²) in [4.78, 5) is 9.66. The van der Waals surface area contributed by atoms with Crippen molar-refractivity contribution in [2.45, 2.75) is 10.6 Å². The van der Waals surface area contributed by atoms with E-state index in [1.165, 1.54) is 7.05 Å². The lowest BCUT2D eigenvalue weighted by atomic mass is 10.2. The van der Waals surface area contributed by atoms with Crippen molar-refractivity contribution in [2.75, 3.05) is 7.05 Å². The Morgan fingerprint density at radius 3 is 2.44 bits per heavy atom. The van der Waals surface area contributed by atoms with Crippen LogP contribution in [0.1, 0.15) is 5.56 Å². The van der Waals surface area contributed by atoms with Crippen LogP contribution in [0.4, 0.5) is 5.69 Å². The van der Waals surface area contributed by atoms with E-state index in [9.17, 15) is 26.9 Å². The third kappa shape index (κ3) is 3.24. The second-order valence-electron chi connectivity index (χ2n) is 3.25. The summed E-state index contributed by atoms with van der Waals surface area (Å²) in [5.41, 5.74) is -0.586. The van der Waals surface area contributed by atoms with Gasteiger partial charge in [0.05, 0.1) is 15.6 Å². The molecule has 0 spiro atoms. The first kappa shape index (κ1) is 14.5. The molecule has 0 aliphatic carbocycles. The fraction of sp³-hybridized carbons (Fsp3) is 0.250. The molecule has 0 aliphatic rings. The van der Waals surface area contributed by atoms with E-state index >= 15 is 0 Å².